The first-order valence-electron chi connectivity index (χ1n) is 9.10. The number of fused-ring (bicyclic) bond motifs is 1. The molecule has 0 fully saturated rings. The third kappa shape index (κ3) is 4.13. The molecule has 0 spiro atoms. The highest BCUT2D eigenvalue weighted by atomic mass is 32.2. The van der Waals surface area contributed by atoms with Gasteiger partial charge in [-0.25, -0.2) is 22.6 Å². The number of hydrogen-bond donors (Lipinski definition) is 2. The molecule has 9 nitrogen and oxygen atoms in total. The van der Waals surface area contributed by atoms with Crippen LogP contribution in [0.25, 0.3) is 16.6 Å². The average Bonchev–Trinajstić information content (AvgIpc) is 3.18. The molecular weight excluding hydrogens is 423 g/mol. The lowest BCUT2D eigenvalue weighted by atomic mass is 10.1. The first-order valence-corrected chi connectivity index (χ1v) is 10.6. The van der Waals surface area contributed by atoms with E-state index < -0.39 is 22.0 Å². The van der Waals surface area contributed by atoms with E-state index in [-0.39, 0.29) is 16.3 Å². The fourth-order valence-electron chi connectivity index (χ4n) is 3.10. The van der Waals surface area contributed by atoms with E-state index in [4.69, 9.17) is 5.14 Å². The minimum atomic E-state index is -3.91. The molecule has 4 rings (SSSR count). The Hall–Kier alpha value is -3.70. The van der Waals surface area contributed by atoms with E-state index in [1.807, 2.05) is 0 Å². The minimum Gasteiger partial charge on any atom is -0.345 e. The van der Waals surface area contributed by atoms with Crippen molar-refractivity contribution in [2.75, 3.05) is 0 Å². The van der Waals surface area contributed by atoms with E-state index >= 15 is 0 Å². The number of benzene rings is 1. The van der Waals surface area contributed by atoms with Crippen LogP contribution < -0.4 is 10.5 Å². The molecule has 0 aliphatic carbocycles. The van der Waals surface area contributed by atoms with E-state index in [9.17, 15) is 17.6 Å². The number of aromatic nitrogens is 4. The van der Waals surface area contributed by atoms with E-state index in [1.165, 1.54) is 36.8 Å². The molecule has 0 aliphatic heterocycles. The SMILES string of the molecule is C[C@H](NC(=O)c1cncc2c1cnn2-c1ccc(F)cc1)c1cncc(S(N)(=O)=O)c1. The second-order valence-electron chi connectivity index (χ2n) is 6.85. The van der Waals surface area contributed by atoms with Gasteiger partial charge in [-0.2, -0.15) is 5.10 Å². The maximum atomic E-state index is 13.2. The van der Waals surface area contributed by atoms with Gasteiger partial charge < -0.3 is 5.32 Å². The van der Waals surface area contributed by atoms with Crippen LogP contribution in [0.4, 0.5) is 4.39 Å². The fourth-order valence-corrected chi connectivity index (χ4v) is 3.60. The predicted molar refractivity (Wildman–Crippen MR) is 110 cm³/mol. The molecule has 31 heavy (non-hydrogen) atoms. The first-order chi connectivity index (χ1) is 14.7. The monoisotopic (exact) mass is 440 g/mol. The Morgan fingerprint density at radius 2 is 1.81 bits per heavy atom. The van der Waals surface area contributed by atoms with Crippen LogP contribution in [0.2, 0.25) is 0 Å². The summed E-state index contributed by atoms with van der Waals surface area (Å²) in [6.07, 6.45) is 7.10. The normalized spacial score (nSPS) is 12.6. The van der Waals surface area contributed by atoms with Gasteiger partial charge >= 0.3 is 0 Å². The molecular formula is C20H17FN6O3S. The number of rotatable bonds is 5. The number of halogens is 1. The maximum Gasteiger partial charge on any atom is 0.254 e. The number of nitrogens with one attached hydrogen (secondary N) is 1. The zero-order valence-electron chi connectivity index (χ0n) is 16.2. The summed E-state index contributed by atoms with van der Waals surface area (Å²) in [6.45, 7) is 1.69. The Bertz CT molecular complexity index is 1390. The van der Waals surface area contributed by atoms with Crippen molar-refractivity contribution in [1.82, 2.24) is 25.1 Å². The molecule has 0 aliphatic rings. The zero-order chi connectivity index (χ0) is 22.2. The molecule has 4 aromatic rings. The zero-order valence-corrected chi connectivity index (χ0v) is 17.0. The van der Waals surface area contributed by atoms with E-state index in [0.29, 0.717) is 22.2 Å². The van der Waals surface area contributed by atoms with Crippen molar-refractivity contribution in [3.05, 3.63) is 78.3 Å². The van der Waals surface area contributed by atoms with Gasteiger partial charge in [-0.05, 0) is 42.8 Å². The number of nitrogens with zero attached hydrogens (tertiary/aromatic N) is 4. The van der Waals surface area contributed by atoms with Crippen LogP contribution in [0.5, 0.6) is 0 Å². The van der Waals surface area contributed by atoms with E-state index in [1.54, 1.807) is 29.9 Å². The Morgan fingerprint density at radius 1 is 1.10 bits per heavy atom. The van der Waals surface area contributed by atoms with Gasteiger partial charge in [0.25, 0.3) is 5.91 Å². The molecule has 0 saturated carbocycles. The minimum absolute atomic E-state index is 0.143. The molecule has 0 radical (unpaired) electrons. The van der Waals surface area contributed by atoms with Gasteiger partial charge in [0.2, 0.25) is 10.0 Å². The van der Waals surface area contributed by atoms with Crippen LogP contribution in [-0.4, -0.2) is 34.1 Å². The summed E-state index contributed by atoms with van der Waals surface area (Å²) in [5, 5.41) is 12.8. The maximum absolute atomic E-state index is 13.2. The lowest BCUT2D eigenvalue weighted by Crippen LogP contribution is -2.27. The van der Waals surface area contributed by atoms with E-state index in [0.717, 1.165) is 6.20 Å². The largest absolute Gasteiger partial charge is 0.345 e. The summed E-state index contributed by atoms with van der Waals surface area (Å²) in [5.41, 5.74) is 1.95. The lowest BCUT2D eigenvalue weighted by molar-refractivity contribution is 0.0941. The van der Waals surface area contributed by atoms with Gasteiger partial charge in [-0.3, -0.25) is 14.8 Å². The number of amides is 1. The Labute approximate surface area is 176 Å². The molecule has 11 heteroatoms. The Morgan fingerprint density at radius 3 is 2.52 bits per heavy atom. The van der Waals surface area contributed by atoms with Crippen LogP contribution in [-0.2, 0) is 10.0 Å². The number of sulfonamides is 1. The highest BCUT2D eigenvalue weighted by Crippen LogP contribution is 2.22. The number of carbonyl (C=O) groups is 1. The fraction of sp³-hybridized carbons (Fsp3) is 0.100. The topological polar surface area (TPSA) is 133 Å². The molecule has 0 bridgehead atoms. The third-order valence-electron chi connectivity index (χ3n) is 4.72. The molecule has 1 aromatic carbocycles. The molecule has 1 atom stereocenters. The quantitative estimate of drug-likeness (QED) is 0.488. The van der Waals surface area contributed by atoms with Crippen molar-refractivity contribution in [1.29, 1.82) is 0 Å². The molecule has 1 amide bonds. The summed E-state index contributed by atoms with van der Waals surface area (Å²) >= 11 is 0. The number of pyridine rings is 2. The highest BCUT2D eigenvalue weighted by Gasteiger charge is 2.19. The smallest absolute Gasteiger partial charge is 0.254 e. The summed E-state index contributed by atoms with van der Waals surface area (Å²) in [6, 6.07) is 6.59. The summed E-state index contributed by atoms with van der Waals surface area (Å²) in [7, 11) is -3.91. The summed E-state index contributed by atoms with van der Waals surface area (Å²) in [4.78, 5) is 20.8. The lowest BCUT2D eigenvalue weighted by Gasteiger charge is -2.15. The molecule has 0 unspecified atom stereocenters. The van der Waals surface area contributed by atoms with Crippen LogP contribution in [0, 0.1) is 5.82 Å². The molecule has 3 heterocycles. The van der Waals surface area contributed by atoms with E-state index in [2.05, 4.69) is 20.4 Å². The number of carbonyl (C=O) groups excluding carboxylic acids is 1. The molecule has 3 aromatic heterocycles. The number of hydrogen-bond acceptors (Lipinski definition) is 6. The van der Waals surface area contributed by atoms with Gasteiger partial charge in [0.05, 0.1) is 35.2 Å². The molecule has 3 N–H and O–H groups in total. The van der Waals surface area contributed by atoms with Gasteiger partial charge in [0.1, 0.15) is 10.7 Å². The van der Waals surface area contributed by atoms with Crippen molar-refractivity contribution in [2.45, 2.75) is 17.9 Å². The van der Waals surface area contributed by atoms with Crippen molar-refractivity contribution in [3.8, 4) is 5.69 Å². The van der Waals surface area contributed by atoms with Crippen LogP contribution in [0.15, 0.2) is 66.2 Å². The number of nitrogens with two attached hydrogens (primary N) is 1. The summed E-state index contributed by atoms with van der Waals surface area (Å²) < 4.78 is 37.9. The van der Waals surface area contributed by atoms with Crippen molar-refractivity contribution in [2.24, 2.45) is 5.14 Å². The number of primary sulfonamides is 1. The first kappa shape index (κ1) is 20.6. The average molecular weight is 440 g/mol. The van der Waals surface area contributed by atoms with Crippen molar-refractivity contribution in [3.63, 3.8) is 0 Å². The Kier molecular flexibility index (Phi) is 5.21. The molecule has 158 valence electrons. The standard InChI is InChI=1S/C20H17FN6O3S/c1-12(13-6-16(8-23-7-13)31(22,29)30)26-20(28)18-9-24-11-19-17(18)10-25-27(19)15-4-2-14(21)3-5-15/h2-12H,1H3,(H,26,28)(H2,22,29,30)/t12-/m0/s1. The van der Waals surface area contributed by atoms with Gasteiger partial charge in [0.15, 0.2) is 0 Å². The van der Waals surface area contributed by atoms with Gasteiger partial charge in [-0.1, -0.05) is 0 Å². The van der Waals surface area contributed by atoms with Crippen LogP contribution >= 0.6 is 0 Å². The second kappa shape index (κ2) is 7.85. The van der Waals surface area contributed by atoms with Gasteiger partial charge in [0, 0.05) is 24.0 Å². The molecule has 0 saturated heterocycles. The van der Waals surface area contributed by atoms with Crippen molar-refractivity contribution < 1.29 is 17.6 Å². The summed E-state index contributed by atoms with van der Waals surface area (Å²) in [5.74, 6) is -0.793. The third-order valence-corrected chi connectivity index (χ3v) is 5.60. The van der Waals surface area contributed by atoms with Gasteiger partial charge in [-0.15, -0.1) is 0 Å². The second-order valence-corrected chi connectivity index (χ2v) is 8.41. The predicted octanol–water partition coefficient (Wildman–Crippen LogP) is 2.09. The van der Waals surface area contributed by atoms with Crippen LogP contribution in [0.3, 0.4) is 0 Å². The highest BCUT2D eigenvalue weighted by molar-refractivity contribution is 7.89. The van der Waals surface area contributed by atoms with Crippen LogP contribution in [0.1, 0.15) is 28.9 Å². The Balaban J connectivity index is 1.63. The van der Waals surface area contributed by atoms with Crippen molar-refractivity contribution >= 4 is 26.8 Å².